The van der Waals surface area contributed by atoms with Gasteiger partial charge in [-0.1, -0.05) is 25.8 Å². The molecule has 0 amide bonds. The number of carbonyl (C=O) groups excluding carboxylic acids is 1. The Bertz CT molecular complexity index is 377. The van der Waals surface area contributed by atoms with Crippen molar-refractivity contribution in [2.75, 3.05) is 13.7 Å². The van der Waals surface area contributed by atoms with Gasteiger partial charge in [0.2, 0.25) is 0 Å². The van der Waals surface area contributed by atoms with Crippen LogP contribution in [0, 0.1) is 0 Å². The van der Waals surface area contributed by atoms with Crippen LogP contribution in [0.4, 0.5) is 0 Å². The molecule has 17 heavy (non-hydrogen) atoms. The van der Waals surface area contributed by atoms with E-state index in [0.717, 1.165) is 19.3 Å². The van der Waals surface area contributed by atoms with Crippen LogP contribution in [0.25, 0.3) is 0 Å². The molecular weight excluding hydrogens is 240 g/mol. The molecule has 0 saturated carbocycles. The lowest BCUT2D eigenvalue weighted by Crippen LogP contribution is -2.02. The summed E-state index contributed by atoms with van der Waals surface area (Å²) in [6.07, 6.45) is 3.25. The van der Waals surface area contributed by atoms with Crippen LogP contribution in [0.5, 0.6) is 11.5 Å². The number of para-hydroxylation sites is 1. The fraction of sp³-hybridized carbons (Fsp3) is 0.462. The highest BCUT2D eigenvalue weighted by Gasteiger charge is 2.14. The maximum atomic E-state index is 11.2. The highest BCUT2D eigenvalue weighted by molar-refractivity contribution is 6.68. The average molecular weight is 257 g/mol. The van der Waals surface area contributed by atoms with Gasteiger partial charge in [-0.15, -0.1) is 0 Å². The summed E-state index contributed by atoms with van der Waals surface area (Å²) in [7, 11) is 1.50. The molecule has 0 heterocycles. The largest absolute Gasteiger partial charge is 0.492 e. The molecule has 1 aromatic carbocycles. The smallest absolute Gasteiger partial charge is 0.256 e. The molecule has 0 aliphatic carbocycles. The number of unbranched alkanes of at least 4 members (excludes halogenated alkanes) is 2. The molecule has 0 bridgehead atoms. The van der Waals surface area contributed by atoms with Gasteiger partial charge in [-0.3, -0.25) is 4.79 Å². The minimum Gasteiger partial charge on any atom is -0.492 e. The Kier molecular flexibility index (Phi) is 5.84. The second-order valence-electron chi connectivity index (χ2n) is 3.67. The van der Waals surface area contributed by atoms with Gasteiger partial charge < -0.3 is 9.47 Å². The number of rotatable bonds is 7. The molecule has 94 valence electrons. The fourth-order valence-corrected chi connectivity index (χ4v) is 1.68. The van der Waals surface area contributed by atoms with Crippen molar-refractivity contribution in [1.29, 1.82) is 0 Å². The Hall–Kier alpha value is -1.22. The van der Waals surface area contributed by atoms with Crippen molar-refractivity contribution in [3.63, 3.8) is 0 Å². The summed E-state index contributed by atoms with van der Waals surface area (Å²) < 4.78 is 10.7. The Morgan fingerprint density at radius 2 is 2.12 bits per heavy atom. The van der Waals surface area contributed by atoms with Gasteiger partial charge in [-0.2, -0.15) is 0 Å². The summed E-state index contributed by atoms with van der Waals surface area (Å²) >= 11 is 5.47. The summed E-state index contributed by atoms with van der Waals surface area (Å²) in [4.78, 5) is 11.2. The Morgan fingerprint density at radius 3 is 2.71 bits per heavy atom. The standard InChI is InChI=1S/C13H17ClO3/c1-3-4-5-9-17-11-8-6-7-10(13(14)15)12(11)16-2/h6-8H,3-5,9H2,1-2H3. The van der Waals surface area contributed by atoms with Crippen LogP contribution in [0.1, 0.15) is 36.5 Å². The van der Waals surface area contributed by atoms with Crippen molar-refractivity contribution in [2.45, 2.75) is 26.2 Å². The Labute approximate surface area is 107 Å². The molecule has 0 radical (unpaired) electrons. The highest BCUT2D eigenvalue weighted by Crippen LogP contribution is 2.32. The van der Waals surface area contributed by atoms with Crippen LogP contribution in [-0.2, 0) is 0 Å². The second-order valence-corrected chi connectivity index (χ2v) is 4.01. The molecule has 4 heteroatoms. The molecule has 0 aliphatic rings. The Balaban J connectivity index is 2.77. The number of benzene rings is 1. The van der Waals surface area contributed by atoms with Crippen molar-refractivity contribution >= 4 is 16.8 Å². The average Bonchev–Trinajstić information content (AvgIpc) is 2.34. The molecule has 1 rings (SSSR count). The number of carbonyl (C=O) groups is 1. The van der Waals surface area contributed by atoms with Crippen LogP contribution >= 0.6 is 11.6 Å². The summed E-state index contributed by atoms with van der Waals surface area (Å²) in [6.45, 7) is 2.75. The lowest BCUT2D eigenvalue weighted by Gasteiger charge is -2.12. The van der Waals surface area contributed by atoms with E-state index in [1.54, 1.807) is 18.2 Å². The first-order valence-corrected chi connectivity index (χ1v) is 6.08. The van der Waals surface area contributed by atoms with E-state index < -0.39 is 5.24 Å². The lowest BCUT2D eigenvalue weighted by atomic mass is 10.2. The molecule has 0 unspecified atom stereocenters. The lowest BCUT2D eigenvalue weighted by molar-refractivity contribution is 0.107. The van der Waals surface area contributed by atoms with Crippen molar-refractivity contribution < 1.29 is 14.3 Å². The van der Waals surface area contributed by atoms with E-state index in [1.165, 1.54) is 7.11 Å². The van der Waals surface area contributed by atoms with Gasteiger partial charge in [0.1, 0.15) is 0 Å². The van der Waals surface area contributed by atoms with Gasteiger partial charge >= 0.3 is 0 Å². The number of ether oxygens (including phenoxy) is 2. The fourth-order valence-electron chi connectivity index (χ4n) is 1.53. The maximum absolute atomic E-state index is 11.2. The summed E-state index contributed by atoms with van der Waals surface area (Å²) in [6, 6.07) is 5.12. The summed E-state index contributed by atoms with van der Waals surface area (Å²) in [5, 5.41) is -0.541. The van der Waals surface area contributed by atoms with E-state index in [2.05, 4.69) is 6.92 Å². The maximum Gasteiger partial charge on any atom is 0.256 e. The van der Waals surface area contributed by atoms with E-state index in [-0.39, 0.29) is 0 Å². The number of methoxy groups -OCH3 is 1. The molecule has 0 aliphatic heterocycles. The third-order valence-corrected chi connectivity index (χ3v) is 2.60. The minimum absolute atomic E-state index is 0.335. The zero-order valence-electron chi connectivity index (χ0n) is 10.2. The minimum atomic E-state index is -0.541. The van der Waals surface area contributed by atoms with Crippen LogP contribution in [0.15, 0.2) is 18.2 Å². The molecule has 3 nitrogen and oxygen atoms in total. The van der Waals surface area contributed by atoms with E-state index in [1.807, 2.05) is 0 Å². The monoisotopic (exact) mass is 256 g/mol. The molecular formula is C13H17ClO3. The van der Waals surface area contributed by atoms with Crippen molar-refractivity contribution in [3.05, 3.63) is 23.8 Å². The topological polar surface area (TPSA) is 35.5 Å². The van der Waals surface area contributed by atoms with E-state index >= 15 is 0 Å². The van der Waals surface area contributed by atoms with Gasteiger partial charge in [0.15, 0.2) is 11.5 Å². The number of halogens is 1. The second kappa shape index (κ2) is 7.17. The first-order valence-electron chi connectivity index (χ1n) is 5.70. The first-order chi connectivity index (χ1) is 8.20. The molecule has 0 spiro atoms. The molecule has 0 atom stereocenters. The van der Waals surface area contributed by atoms with Gasteiger partial charge in [-0.25, -0.2) is 0 Å². The van der Waals surface area contributed by atoms with Crippen LogP contribution in [0.3, 0.4) is 0 Å². The van der Waals surface area contributed by atoms with Crippen molar-refractivity contribution in [3.8, 4) is 11.5 Å². The molecule has 0 N–H and O–H groups in total. The van der Waals surface area contributed by atoms with Gasteiger partial charge in [0, 0.05) is 0 Å². The van der Waals surface area contributed by atoms with E-state index in [9.17, 15) is 4.79 Å². The van der Waals surface area contributed by atoms with Gasteiger partial charge in [0.05, 0.1) is 19.3 Å². The van der Waals surface area contributed by atoms with Crippen molar-refractivity contribution in [2.24, 2.45) is 0 Å². The molecule has 0 saturated heterocycles. The zero-order chi connectivity index (χ0) is 12.7. The Morgan fingerprint density at radius 1 is 1.35 bits per heavy atom. The van der Waals surface area contributed by atoms with Gasteiger partial charge in [-0.05, 0) is 30.2 Å². The molecule has 1 aromatic rings. The molecule has 0 aromatic heterocycles. The quantitative estimate of drug-likeness (QED) is 0.552. The highest BCUT2D eigenvalue weighted by atomic mass is 35.5. The normalized spacial score (nSPS) is 10.1. The first kappa shape index (κ1) is 13.8. The van der Waals surface area contributed by atoms with Crippen LogP contribution in [0.2, 0.25) is 0 Å². The zero-order valence-corrected chi connectivity index (χ0v) is 10.9. The van der Waals surface area contributed by atoms with Gasteiger partial charge in [0.25, 0.3) is 5.24 Å². The third-order valence-electron chi connectivity index (χ3n) is 2.40. The molecule has 0 fully saturated rings. The van der Waals surface area contributed by atoms with E-state index in [4.69, 9.17) is 21.1 Å². The summed E-state index contributed by atoms with van der Waals surface area (Å²) in [5.74, 6) is 0.971. The summed E-state index contributed by atoms with van der Waals surface area (Å²) in [5.41, 5.74) is 0.335. The SMILES string of the molecule is CCCCCOc1cccc(C(=O)Cl)c1OC. The van der Waals surface area contributed by atoms with Crippen LogP contribution < -0.4 is 9.47 Å². The number of hydrogen-bond acceptors (Lipinski definition) is 3. The number of hydrogen-bond donors (Lipinski definition) is 0. The third kappa shape index (κ3) is 3.93. The van der Waals surface area contributed by atoms with Crippen LogP contribution in [-0.4, -0.2) is 19.0 Å². The van der Waals surface area contributed by atoms with E-state index in [0.29, 0.717) is 23.7 Å². The van der Waals surface area contributed by atoms with Crippen molar-refractivity contribution in [1.82, 2.24) is 0 Å². The predicted octanol–water partition coefficient (Wildman–Crippen LogP) is 3.64. The predicted molar refractivity (Wildman–Crippen MR) is 68.2 cm³/mol.